The van der Waals surface area contributed by atoms with Gasteiger partial charge in [0.25, 0.3) is 5.89 Å². The van der Waals surface area contributed by atoms with E-state index in [0.29, 0.717) is 12.5 Å². The average molecular weight is 287 g/mol. The van der Waals surface area contributed by atoms with Gasteiger partial charge < -0.3 is 15.0 Å². The van der Waals surface area contributed by atoms with Gasteiger partial charge >= 0.3 is 0 Å². The summed E-state index contributed by atoms with van der Waals surface area (Å²) in [6, 6.07) is 6.20. The van der Waals surface area contributed by atoms with Crippen molar-refractivity contribution >= 4 is 0 Å². The highest BCUT2D eigenvalue weighted by Crippen LogP contribution is 2.34. The van der Waals surface area contributed by atoms with Gasteiger partial charge in [-0.3, -0.25) is 0 Å². The molecule has 1 aromatic carbocycles. The summed E-state index contributed by atoms with van der Waals surface area (Å²) >= 11 is 0. The summed E-state index contributed by atoms with van der Waals surface area (Å²) in [4.78, 5) is 4.31. The first-order chi connectivity index (χ1) is 10.3. The Balaban J connectivity index is 1.71. The van der Waals surface area contributed by atoms with E-state index in [1.54, 1.807) is 0 Å². The Labute approximate surface area is 124 Å². The Morgan fingerprint density at radius 2 is 2.33 bits per heavy atom. The first-order valence-electron chi connectivity index (χ1n) is 7.59. The minimum absolute atomic E-state index is 0.122. The number of benzene rings is 1. The van der Waals surface area contributed by atoms with Gasteiger partial charge in [0.1, 0.15) is 5.75 Å². The van der Waals surface area contributed by atoms with E-state index in [2.05, 4.69) is 23.1 Å². The number of nitrogens with two attached hydrogens (primary N) is 1. The van der Waals surface area contributed by atoms with Crippen LogP contribution >= 0.6 is 0 Å². The van der Waals surface area contributed by atoms with Crippen LogP contribution in [0.1, 0.15) is 55.1 Å². The molecule has 1 aliphatic carbocycles. The van der Waals surface area contributed by atoms with Crippen LogP contribution in [-0.4, -0.2) is 10.1 Å². The number of fused-ring (bicyclic) bond motifs is 1. The molecule has 2 N–H and O–H groups in total. The molecule has 0 fully saturated rings. The summed E-state index contributed by atoms with van der Waals surface area (Å²) in [6.07, 6.45) is 5.00. The first kappa shape index (κ1) is 14.1. The number of hydrogen-bond donors (Lipinski definition) is 1. The Kier molecular flexibility index (Phi) is 4.20. The van der Waals surface area contributed by atoms with Crippen LogP contribution in [-0.2, 0) is 19.4 Å². The Hall–Kier alpha value is -1.88. The predicted molar refractivity (Wildman–Crippen MR) is 78.9 cm³/mol. The van der Waals surface area contributed by atoms with Gasteiger partial charge in [-0.1, -0.05) is 24.2 Å². The molecule has 0 spiro atoms. The number of aryl methyl sites for hydroxylation is 1. The van der Waals surface area contributed by atoms with Gasteiger partial charge in [-0.2, -0.15) is 4.98 Å². The standard InChI is InChI=1S/C16H21N3O2/c1-2-5-15-18-16(21-19-15)10-20-14-9-4-6-11-12(14)7-3-8-13(11)17/h4,6,9,13H,2-3,5,7-8,10,17H2,1H3. The van der Waals surface area contributed by atoms with Crippen molar-refractivity contribution in [2.75, 3.05) is 0 Å². The molecule has 0 bridgehead atoms. The van der Waals surface area contributed by atoms with Gasteiger partial charge in [0.05, 0.1) is 0 Å². The molecular weight excluding hydrogens is 266 g/mol. The second kappa shape index (κ2) is 6.26. The lowest BCUT2D eigenvalue weighted by atomic mass is 9.88. The van der Waals surface area contributed by atoms with Crippen LogP contribution in [0.5, 0.6) is 5.75 Å². The monoisotopic (exact) mass is 287 g/mol. The minimum Gasteiger partial charge on any atom is -0.483 e. The van der Waals surface area contributed by atoms with Crippen molar-refractivity contribution in [2.24, 2.45) is 5.73 Å². The van der Waals surface area contributed by atoms with E-state index in [1.165, 1.54) is 11.1 Å². The fourth-order valence-corrected chi connectivity index (χ4v) is 2.80. The lowest BCUT2D eigenvalue weighted by molar-refractivity contribution is 0.239. The fourth-order valence-electron chi connectivity index (χ4n) is 2.80. The van der Waals surface area contributed by atoms with E-state index in [1.807, 2.05) is 12.1 Å². The second-order valence-corrected chi connectivity index (χ2v) is 5.47. The molecule has 0 radical (unpaired) electrons. The molecular formula is C16H21N3O2. The maximum Gasteiger partial charge on any atom is 0.264 e. The van der Waals surface area contributed by atoms with Crippen molar-refractivity contribution in [1.82, 2.24) is 10.1 Å². The van der Waals surface area contributed by atoms with Crippen molar-refractivity contribution in [2.45, 2.75) is 51.7 Å². The number of nitrogens with zero attached hydrogens (tertiary/aromatic N) is 2. The van der Waals surface area contributed by atoms with E-state index < -0.39 is 0 Å². The molecule has 0 aliphatic heterocycles. The second-order valence-electron chi connectivity index (χ2n) is 5.47. The maximum atomic E-state index is 6.16. The third-order valence-electron chi connectivity index (χ3n) is 3.85. The topological polar surface area (TPSA) is 74.2 Å². The normalized spacial score (nSPS) is 17.5. The van der Waals surface area contributed by atoms with Gasteiger partial charge in [0.15, 0.2) is 12.4 Å². The van der Waals surface area contributed by atoms with Gasteiger partial charge in [0, 0.05) is 12.5 Å². The van der Waals surface area contributed by atoms with Gasteiger partial charge in [-0.15, -0.1) is 0 Å². The third-order valence-corrected chi connectivity index (χ3v) is 3.85. The molecule has 5 heteroatoms. The van der Waals surface area contributed by atoms with Gasteiger partial charge in [0.2, 0.25) is 0 Å². The average Bonchev–Trinajstić information content (AvgIpc) is 2.94. The van der Waals surface area contributed by atoms with Gasteiger partial charge in [-0.05, 0) is 42.9 Å². The van der Waals surface area contributed by atoms with Gasteiger partial charge in [-0.25, -0.2) is 0 Å². The summed E-state index contributed by atoms with van der Waals surface area (Å²) in [5.74, 6) is 2.15. The highest BCUT2D eigenvalue weighted by molar-refractivity contribution is 5.43. The highest BCUT2D eigenvalue weighted by Gasteiger charge is 2.20. The molecule has 2 aromatic rings. The van der Waals surface area contributed by atoms with Crippen molar-refractivity contribution < 1.29 is 9.26 Å². The number of ether oxygens (including phenoxy) is 1. The van der Waals surface area contributed by atoms with Crippen molar-refractivity contribution in [3.8, 4) is 5.75 Å². The van der Waals surface area contributed by atoms with Crippen molar-refractivity contribution in [3.05, 3.63) is 41.0 Å². The quantitative estimate of drug-likeness (QED) is 0.915. The van der Waals surface area contributed by atoms with E-state index in [-0.39, 0.29) is 6.04 Å². The number of hydrogen-bond acceptors (Lipinski definition) is 5. The summed E-state index contributed by atoms with van der Waals surface area (Å²) < 4.78 is 11.1. The predicted octanol–water partition coefficient (Wildman–Crippen LogP) is 2.94. The molecule has 0 saturated carbocycles. The fraction of sp³-hybridized carbons (Fsp3) is 0.500. The molecule has 5 nitrogen and oxygen atoms in total. The molecule has 112 valence electrons. The zero-order chi connectivity index (χ0) is 14.7. The molecule has 3 rings (SSSR count). The molecule has 21 heavy (non-hydrogen) atoms. The van der Waals surface area contributed by atoms with Crippen LogP contribution in [0.3, 0.4) is 0 Å². The third kappa shape index (κ3) is 3.08. The van der Waals surface area contributed by atoms with E-state index in [9.17, 15) is 0 Å². The van der Waals surface area contributed by atoms with Crippen molar-refractivity contribution in [1.29, 1.82) is 0 Å². The zero-order valence-corrected chi connectivity index (χ0v) is 12.3. The van der Waals surface area contributed by atoms with E-state index >= 15 is 0 Å². The molecule has 1 atom stereocenters. The lowest BCUT2D eigenvalue weighted by Crippen LogP contribution is -2.18. The number of rotatable bonds is 5. The van der Waals surface area contributed by atoms with Crippen LogP contribution in [0, 0.1) is 0 Å². The van der Waals surface area contributed by atoms with Crippen molar-refractivity contribution in [3.63, 3.8) is 0 Å². The maximum absolute atomic E-state index is 6.16. The van der Waals surface area contributed by atoms with Crippen LogP contribution in [0.25, 0.3) is 0 Å². The molecule has 1 aromatic heterocycles. The number of aromatic nitrogens is 2. The molecule has 0 saturated heterocycles. The Bertz CT molecular complexity index is 609. The van der Waals surface area contributed by atoms with E-state index in [4.69, 9.17) is 15.0 Å². The van der Waals surface area contributed by atoms with E-state index in [0.717, 1.165) is 43.7 Å². The highest BCUT2D eigenvalue weighted by atomic mass is 16.5. The van der Waals surface area contributed by atoms with Crippen LogP contribution in [0.2, 0.25) is 0 Å². The van der Waals surface area contributed by atoms with Crippen LogP contribution in [0.4, 0.5) is 0 Å². The Morgan fingerprint density at radius 1 is 1.43 bits per heavy atom. The summed E-state index contributed by atoms with van der Waals surface area (Å²) in [6.45, 7) is 2.40. The molecule has 1 aliphatic rings. The Morgan fingerprint density at radius 3 is 3.19 bits per heavy atom. The largest absolute Gasteiger partial charge is 0.483 e. The van der Waals surface area contributed by atoms with Crippen LogP contribution < -0.4 is 10.5 Å². The first-order valence-corrected chi connectivity index (χ1v) is 7.59. The molecule has 0 amide bonds. The lowest BCUT2D eigenvalue weighted by Gasteiger charge is -2.24. The molecule has 1 unspecified atom stereocenters. The minimum atomic E-state index is 0.122. The summed E-state index contributed by atoms with van der Waals surface area (Å²) in [5.41, 5.74) is 8.59. The summed E-state index contributed by atoms with van der Waals surface area (Å²) in [7, 11) is 0. The summed E-state index contributed by atoms with van der Waals surface area (Å²) in [5, 5.41) is 3.93. The SMILES string of the molecule is CCCc1noc(COc2cccc3c2CCCC3N)n1. The zero-order valence-electron chi connectivity index (χ0n) is 12.3. The molecule has 1 heterocycles. The smallest absolute Gasteiger partial charge is 0.264 e. The van der Waals surface area contributed by atoms with Crippen LogP contribution in [0.15, 0.2) is 22.7 Å².